The molecule has 0 bridgehead atoms. The van der Waals surface area contributed by atoms with E-state index in [0.717, 1.165) is 32.6 Å². The summed E-state index contributed by atoms with van der Waals surface area (Å²) in [6.45, 7) is 4.68. The third-order valence-corrected chi connectivity index (χ3v) is 3.89. The largest absolute Gasteiger partial charge is 0.378 e. The zero-order chi connectivity index (χ0) is 13.3. The van der Waals surface area contributed by atoms with Crippen LogP contribution in [0.5, 0.6) is 0 Å². The Morgan fingerprint density at radius 1 is 1.26 bits per heavy atom. The van der Waals surface area contributed by atoms with Crippen LogP contribution in [-0.2, 0) is 9.53 Å². The number of ether oxygens (including phenoxy) is 1. The second-order valence-electron chi connectivity index (χ2n) is 5.35. The van der Waals surface area contributed by atoms with Crippen LogP contribution in [0.2, 0.25) is 0 Å². The highest BCUT2D eigenvalue weighted by molar-refractivity contribution is 5.76. The number of allylic oxidation sites excluding steroid dienone is 1. The first-order valence-corrected chi connectivity index (χ1v) is 7.60. The average molecular weight is 266 g/mol. The maximum absolute atomic E-state index is 11.9. The Morgan fingerprint density at radius 3 is 2.84 bits per heavy atom. The number of carbonyl (C=O) groups is 1. The number of amides is 1. The maximum Gasteiger partial charge on any atom is 0.224 e. The smallest absolute Gasteiger partial charge is 0.224 e. The van der Waals surface area contributed by atoms with Gasteiger partial charge in [0.25, 0.3) is 0 Å². The van der Waals surface area contributed by atoms with Crippen molar-refractivity contribution >= 4 is 5.91 Å². The summed E-state index contributed by atoms with van der Waals surface area (Å²) in [5.41, 5.74) is 1.60. The molecule has 2 rings (SSSR count). The number of rotatable bonds is 6. The highest BCUT2D eigenvalue weighted by atomic mass is 16.5. The third-order valence-electron chi connectivity index (χ3n) is 3.89. The van der Waals surface area contributed by atoms with Crippen molar-refractivity contribution in [1.29, 1.82) is 0 Å². The van der Waals surface area contributed by atoms with Gasteiger partial charge in [0, 0.05) is 26.1 Å². The van der Waals surface area contributed by atoms with Crippen LogP contribution < -0.4 is 5.32 Å². The van der Waals surface area contributed by atoms with E-state index in [4.69, 9.17) is 4.74 Å². The molecule has 1 fully saturated rings. The molecule has 1 aliphatic heterocycles. The standard InChI is InChI=1S/C15H26N2O2/c18-15(17-10-12-19-13-11-17)7-9-16-8-6-14-4-2-1-3-5-14/h4,16H,1-3,5-13H2. The minimum atomic E-state index is 0.257. The third kappa shape index (κ3) is 5.33. The fourth-order valence-corrected chi connectivity index (χ4v) is 2.67. The molecule has 0 aromatic heterocycles. The van der Waals surface area contributed by atoms with E-state index in [-0.39, 0.29) is 5.91 Å². The summed E-state index contributed by atoms with van der Waals surface area (Å²) < 4.78 is 5.24. The van der Waals surface area contributed by atoms with Crippen LogP contribution in [0.1, 0.15) is 38.5 Å². The Kier molecular flexibility index (Phi) is 6.37. The summed E-state index contributed by atoms with van der Waals surface area (Å²) in [6.07, 6.45) is 9.38. The zero-order valence-electron chi connectivity index (χ0n) is 11.8. The van der Waals surface area contributed by atoms with Gasteiger partial charge in [0.05, 0.1) is 13.2 Å². The lowest BCUT2D eigenvalue weighted by Crippen LogP contribution is -2.41. The van der Waals surface area contributed by atoms with Crippen LogP contribution in [-0.4, -0.2) is 50.2 Å². The molecule has 2 aliphatic rings. The van der Waals surface area contributed by atoms with Gasteiger partial charge in [-0.05, 0) is 38.6 Å². The van der Waals surface area contributed by atoms with Crippen molar-refractivity contribution in [2.24, 2.45) is 0 Å². The molecular weight excluding hydrogens is 240 g/mol. The summed E-state index contributed by atoms with van der Waals surface area (Å²) in [5.74, 6) is 0.257. The lowest BCUT2D eigenvalue weighted by Gasteiger charge is -2.26. The van der Waals surface area contributed by atoms with Crippen molar-refractivity contribution in [1.82, 2.24) is 10.2 Å². The molecule has 0 atom stereocenters. The van der Waals surface area contributed by atoms with Crippen molar-refractivity contribution in [3.05, 3.63) is 11.6 Å². The van der Waals surface area contributed by atoms with Crippen molar-refractivity contribution in [3.8, 4) is 0 Å². The Morgan fingerprint density at radius 2 is 2.11 bits per heavy atom. The quantitative estimate of drug-likeness (QED) is 0.588. The molecule has 0 saturated carbocycles. The van der Waals surface area contributed by atoms with Crippen molar-refractivity contribution in [3.63, 3.8) is 0 Å². The van der Waals surface area contributed by atoms with Crippen molar-refractivity contribution in [2.75, 3.05) is 39.4 Å². The van der Waals surface area contributed by atoms with Gasteiger partial charge in [-0.2, -0.15) is 0 Å². The predicted octanol–water partition coefficient (Wildman–Crippen LogP) is 1.72. The highest BCUT2D eigenvalue weighted by Crippen LogP contribution is 2.19. The molecule has 4 nitrogen and oxygen atoms in total. The monoisotopic (exact) mass is 266 g/mol. The van der Waals surface area contributed by atoms with Gasteiger partial charge in [-0.1, -0.05) is 11.6 Å². The lowest BCUT2D eigenvalue weighted by molar-refractivity contribution is -0.135. The molecule has 0 spiro atoms. The molecule has 4 heteroatoms. The number of hydrogen-bond donors (Lipinski definition) is 1. The van der Waals surface area contributed by atoms with Crippen LogP contribution >= 0.6 is 0 Å². The van der Waals surface area contributed by atoms with Gasteiger partial charge in [0.1, 0.15) is 0 Å². The van der Waals surface area contributed by atoms with E-state index in [1.807, 2.05) is 4.90 Å². The van der Waals surface area contributed by atoms with Crippen LogP contribution in [0.4, 0.5) is 0 Å². The molecule has 0 radical (unpaired) electrons. The van der Waals surface area contributed by atoms with Gasteiger partial charge in [-0.3, -0.25) is 4.79 Å². The molecule has 19 heavy (non-hydrogen) atoms. The number of morpholine rings is 1. The van der Waals surface area contributed by atoms with Gasteiger partial charge in [0.2, 0.25) is 5.91 Å². The van der Waals surface area contributed by atoms with E-state index in [2.05, 4.69) is 11.4 Å². The first-order valence-electron chi connectivity index (χ1n) is 7.60. The van der Waals surface area contributed by atoms with E-state index < -0.39 is 0 Å². The van der Waals surface area contributed by atoms with Crippen molar-refractivity contribution < 1.29 is 9.53 Å². The Hall–Kier alpha value is -0.870. The summed E-state index contributed by atoms with van der Waals surface area (Å²) in [7, 11) is 0. The summed E-state index contributed by atoms with van der Waals surface area (Å²) >= 11 is 0. The highest BCUT2D eigenvalue weighted by Gasteiger charge is 2.15. The van der Waals surface area contributed by atoms with E-state index in [1.54, 1.807) is 5.57 Å². The molecule has 1 heterocycles. The summed E-state index contributed by atoms with van der Waals surface area (Å²) in [4.78, 5) is 13.8. The fourth-order valence-electron chi connectivity index (χ4n) is 2.67. The zero-order valence-corrected chi connectivity index (χ0v) is 11.8. The van der Waals surface area contributed by atoms with Crippen LogP contribution in [0.15, 0.2) is 11.6 Å². The van der Waals surface area contributed by atoms with Crippen molar-refractivity contribution in [2.45, 2.75) is 38.5 Å². The van der Waals surface area contributed by atoms with Gasteiger partial charge in [-0.15, -0.1) is 0 Å². The molecule has 0 aromatic rings. The molecule has 0 aromatic carbocycles. The number of nitrogens with zero attached hydrogens (tertiary/aromatic N) is 1. The van der Waals surface area contributed by atoms with Gasteiger partial charge < -0.3 is 15.0 Å². The SMILES string of the molecule is O=C(CCNCCC1=CCCCC1)N1CCOCC1. The first-order chi connectivity index (χ1) is 9.36. The van der Waals surface area contributed by atoms with Crippen LogP contribution in [0, 0.1) is 0 Å². The Balaban J connectivity index is 1.51. The van der Waals surface area contributed by atoms with E-state index in [9.17, 15) is 4.79 Å². The van der Waals surface area contributed by atoms with E-state index in [1.165, 1.54) is 25.7 Å². The second-order valence-corrected chi connectivity index (χ2v) is 5.35. The summed E-state index contributed by atoms with van der Waals surface area (Å²) in [6, 6.07) is 0. The van der Waals surface area contributed by atoms with E-state index >= 15 is 0 Å². The molecule has 1 saturated heterocycles. The average Bonchev–Trinajstić information content (AvgIpc) is 2.49. The molecule has 0 unspecified atom stereocenters. The molecule has 1 aliphatic carbocycles. The van der Waals surface area contributed by atoms with Crippen LogP contribution in [0.3, 0.4) is 0 Å². The number of nitrogens with one attached hydrogen (secondary N) is 1. The normalized spacial score (nSPS) is 20.2. The first kappa shape index (κ1) is 14.5. The Bertz CT molecular complexity index is 309. The lowest BCUT2D eigenvalue weighted by atomic mass is 9.97. The van der Waals surface area contributed by atoms with Gasteiger partial charge in [0.15, 0.2) is 0 Å². The maximum atomic E-state index is 11.9. The minimum Gasteiger partial charge on any atom is -0.378 e. The van der Waals surface area contributed by atoms with Crippen LogP contribution in [0.25, 0.3) is 0 Å². The summed E-state index contributed by atoms with van der Waals surface area (Å²) in [5, 5.41) is 3.38. The Labute approximate surface area is 116 Å². The number of carbonyl (C=O) groups excluding carboxylic acids is 1. The molecule has 1 amide bonds. The predicted molar refractivity (Wildman–Crippen MR) is 76.1 cm³/mol. The molecule has 1 N–H and O–H groups in total. The molecule has 108 valence electrons. The van der Waals surface area contributed by atoms with Gasteiger partial charge >= 0.3 is 0 Å². The van der Waals surface area contributed by atoms with E-state index in [0.29, 0.717) is 19.6 Å². The fraction of sp³-hybridized carbons (Fsp3) is 0.800. The minimum absolute atomic E-state index is 0.257. The molecular formula is C15H26N2O2. The second kappa shape index (κ2) is 8.33. The topological polar surface area (TPSA) is 41.6 Å². The number of hydrogen-bond acceptors (Lipinski definition) is 3. The van der Waals surface area contributed by atoms with Gasteiger partial charge in [-0.25, -0.2) is 0 Å².